The van der Waals surface area contributed by atoms with Gasteiger partial charge in [-0.3, -0.25) is 4.90 Å². The molecule has 0 fully saturated rings. The highest BCUT2D eigenvalue weighted by Gasteiger charge is 2.23. The van der Waals surface area contributed by atoms with E-state index in [0.717, 1.165) is 18.4 Å². The first-order chi connectivity index (χ1) is 8.40. The molecule has 0 aromatic heterocycles. The Hall–Kier alpha value is -0.680. The molecule has 0 heterocycles. The van der Waals surface area contributed by atoms with E-state index in [-0.39, 0.29) is 6.10 Å². The molecule has 18 heavy (non-hydrogen) atoms. The Morgan fingerprint density at radius 3 is 2.33 bits per heavy atom. The normalized spacial score (nSPS) is 16.1. The summed E-state index contributed by atoms with van der Waals surface area (Å²) in [6.07, 6.45) is 4.39. The molecular weight excluding hydrogens is 230 g/mol. The van der Waals surface area contributed by atoms with Crippen LogP contribution in [0.1, 0.15) is 33.1 Å². The summed E-state index contributed by atoms with van der Waals surface area (Å²) in [5.41, 5.74) is 0.931. The van der Waals surface area contributed by atoms with Crippen molar-refractivity contribution in [1.29, 1.82) is 0 Å². The molecule has 4 nitrogen and oxygen atoms in total. The van der Waals surface area contributed by atoms with E-state index in [2.05, 4.69) is 6.58 Å². The number of hydrogen-bond acceptors (Lipinski definition) is 4. The fraction of sp³-hybridized carbons (Fsp3) is 0.714. The number of aliphatic hydroxyl groups excluding tert-OH is 2. The molecule has 0 aliphatic heterocycles. The van der Waals surface area contributed by atoms with Crippen LogP contribution in [-0.2, 0) is 0 Å². The second-order valence-corrected chi connectivity index (χ2v) is 4.79. The van der Waals surface area contributed by atoms with E-state index in [9.17, 15) is 15.3 Å². The van der Waals surface area contributed by atoms with E-state index < -0.39 is 12.3 Å². The molecule has 0 spiro atoms. The van der Waals surface area contributed by atoms with Gasteiger partial charge < -0.3 is 15.3 Å². The van der Waals surface area contributed by atoms with Crippen LogP contribution in [0.3, 0.4) is 0 Å². The maximum atomic E-state index is 9.47. The Labute approximate surface area is 110 Å². The van der Waals surface area contributed by atoms with Gasteiger partial charge in [0, 0.05) is 6.54 Å². The van der Waals surface area contributed by atoms with Crippen molar-refractivity contribution < 1.29 is 15.3 Å². The average molecular weight is 257 g/mol. The molecule has 4 heteroatoms. The van der Waals surface area contributed by atoms with E-state index in [1.54, 1.807) is 6.92 Å². The van der Waals surface area contributed by atoms with Crippen molar-refractivity contribution in [3.8, 4) is 0 Å². The van der Waals surface area contributed by atoms with Crippen molar-refractivity contribution in [2.45, 2.75) is 51.5 Å². The van der Waals surface area contributed by atoms with Crippen molar-refractivity contribution in [3.05, 3.63) is 24.3 Å². The molecule has 0 saturated carbocycles. The highest BCUT2D eigenvalue weighted by atomic mass is 16.5. The van der Waals surface area contributed by atoms with E-state index >= 15 is 0 Å². The summed E-state index contributed by atoms with van der Waals surface area (Å²) in [5.74, 6) is 0. The largest absolute Gasteiger partial charge is 0.393 e. The van der Waals surface area contributed by atoms with Gasteiger partial charge in [-0.25, -0.2) is 0 Å². The van der Waals surface area contributed by atoms with Crippen LogP contribution in [0.25, 0.3) is 0 Å². The Bertz CT molecular complexity index is 262. The highest BCUT2D eigenvalue weighted by molar-refractivity contribution is 5.09. The number of nitrogens with zero attached hydrogens (tertiary/aromatic N) is 1. The standard InChI is InChI=1S/C14H27NO3/c1-5-6-7-8-11(2)13(14(17)18)15(4)10-9-12(3)16/h5,8,12-14,16-18H,1,6-7,9-10H2,2-4H3/b11-8+. The molecule has 3 N–H and O–H groups in total. The Kier molecular flexibility index (Phi) is 8.93. The van der Waals surface area contributed by atoms with Gasteiger partial charge in [-0.15, -0.1) is 6.58 Å². The summed E-state index contributed by atoms with van der Waals surface area (Å²) in [6.45, 7) is 7.89. The van der Waals surface area contributed by atoms with Crippen LogP contribution in [0.5, 0.6) is 0 Å². The summed E-state index contributed by atoms with van der Waals surface area (Å²) in [5, 5.41) is 28.2. The molecule has 0 aromatic rings. The summed E-state index contributed by atoms with van der Waals surface area (Å²) in [6, 6.07) is -0.423. The highest BCUT2D eigenvalue weighted by Crippen LogP contribution is 2.14. The van der Waals surface area contributed by atoms with Crippen LogP contribution in [0.15, 0.2) is 24.3 Å². The number of allylic oxidation sites excluding steroid dienone is 2. The van der Waals surface area contributed by atoms with E-state index in [1.165, 1.54) is 0 Å². The number of unbranched alkanes of at least 4 members (excludes halogenated alkanes) is 1. The van der Waals surface area contributed by atoms with E-state index in [1.807, 2.05) is 31.0 Å². The molecule has 0 aromatic carbocycles. The second-order valence-electron chi connectivity index (χ2n) is 4.79. The van der Waals surface area contributed by atoms with Crippen molar-refractivity contribution >= 4 is 0 Å². The lowest BCUT2D eigenvalue weighted by molar-refractivity contribution is -0.0854. The lowest BCUT2D eigenvalue weighted by Crippen LogP contribution is -2.43. The molecule has 0 aliphatic carbocycles. The molecule has 0 saturated heterocycles. The first-order valence-electron chi connectivity index (χ1n) is 6.42. The fourth-order valence-corrected chi connectivity index (χ4v) is 1.89. The first-order valence-corrected chi connectivity index (χ1v) is 6.42. The van der Waals surface area contributed by atoms with Gasteiger partial charge >= 0.3 is 0 Å². The smallest absolute Gasteiger partial charge is 0.171 e. The predicted molar refractivity (Wildman–Crippen MR) is 74.1 cm³/mol. The lowest BCUT2D eigenvalue weighted by atomic mass is 10.0. The molecule has 2 unspecified atom stereocenters. The number of likely N-dealkylation sites (N-methyl/N-ethyl adjacent to an activating group) is 1. The minimum Gasteiger partial charge on any atom is -0.393 e. The second kappa shape index (κ2) is 9.28. The fourth-order valence-electron chi connectivity index (χ4n) is 1.89. The van der Waals surface area contributed by atoms with Crippen molar-refractivity contribution in [2.75, 3.05) is 13.6 Å². The topological polar surface area (TPSA) is 63.9 Å². The minimum absolute atomic E-state index is 0.381. The van der Waals surface area contributed by atoms with Gasteiger partial charge in [0.25, 0.3) is 0 Å². The zero-order valence-corrected chi connectivity index (χ0v) is 11.7. The molecule has 0 radical (unpaired) electrons. The lowest BCUT2D eigenvalue weighted by Gasteiger charge is -2.30. The van der Waals surface area contributed by atoms with Crippen molar-refractivity contribution in [2.24, 2.45) is 0 Å². The van der Waals surface area contributed by atoms with Crippen LogP contribution >= 0.6 is 0 Å². The maximum Gasteiger partial charge on any atom is 0.171 e. The predicted octanol–water partition coefficient (Wildman–Crippen LogP) is 1.28. The average Bonchev–Trinajstić information content (AvgIpc) is 2.26. The van der Waals surface area contributed by atoms with Crippen LogP contribution in [0, 0.1) is 0 Å². The maximum absolute atomic E-state index is 9.47. The molecule has 106 valence electrons. The van der Waals surface area contributed by atoms with Gasteiger partial charge in [0.05, 0.1) is 12.1 Å². The first kappa shape index (κ1) is 17.3. The van der Waals surface area contributed by atoms with Crippen LogP contribution < -0.4 is 0 Å². The van der Waals surface area contributed by atoms with Gasteiger partial charge in [0.1, 0.15) is 0 Å². The van der Waals surface area contributed by atoms with E-state index in [4.69, 9.17) is 0 Å². The van der Waals surface area contributed by atoms with Crippen LogP contribution in [0.4, 0.5) is 0 Å². The summed E-state index contributed by atoms with van der Waals surface area (Å²) < 4.78 is 0. The Morgan fingerprint density at radius 1 is 1.28 bits per heavy atom. The van der Waals surface area contributed by atoms with Gasteiger partial charge in [0.15, 0.2) is 6.29 Å². The molecule has 0 rings (SSSR count). The molecular formula is C14H27NO3. The third kappa shape index (κ3) is 6.91. The van der Waals surface area contributed by atoms with Gasteiger partial charge in [-0.1, -0.05) is 17.7 Å². The van der Waals surface area contributed by atoms with Crippen molar-refractivity contribution in [1.82, 2.24) is 4.90 Å². The SMILES string of the molecule is C=CCC/C=C(\C)C(C(O)O)N(C)CCC(C)O. The van der Waals surface area contributed by atoms with Crippen LogP contribution in [0.2, 0.25) is 0 Å². The van der Waals surface area contributed by atoms with Gasteiger partial charge in [-0.05, 0) is 40.2 Å². The third-order valence-electron chi connectivity index (χ3n) is 2.96. The zero-order valence-electron chi connectivity index (χ0n) is 11.7. The molecule has 2 atom stereocenters. The third-order valence-corrected chi connectivity index (χ3v) is 2.96. The van der Waals surface area contributed by atoms with Crippen molar-refractivity contribution in [3.63, 3.8) is 0 Å². The molecule has 0 aliphatic rings. The Morgan fingerprint density at radius 2 is 1.89 bits per heavy atom. The summed E-state index contributed by atoms with van der Waals surface area (Å²) in [4.78, 5) is 1.86. The zero-order chi connectivity index (χ0) is 14.1. The molecule has 0 bridgehead atoms. The van der Waals surface area contributed by atoms with Crippen LogP contribution in [-0.4, -0.2) is 52.2 Å². The summed E-state index contributed by atoms with van der Waals surface area (Å²) >= 11 is 0. The monoisotopic (exact) mass is 257 g/mol. The number of rotatable bonds is 9. The number of aliphatic hydroxyl groups is 3. The number of hydrogen-bond donors (Lipinski definition) is 3. The molecule has 0 amide bonds. The summed E-state index contributed by atoms with van der Waals surface area (Å²) in [7, 11) is 1.83. The van der Waals surface area contributed by atoms with Gasteiger partial charge in [-0.2, -0.15) is 0 Å². The Balaban J connectivity index is 4.53. The quantitative estimate of drug-likeness (QED) is 0.331. The van der Waals surface area contributed by atoms with E-state index in [0.29, 0.717) is 13.0 Å². The minimum atomic E-state index is -1.41. The van der Waals surface area contributed by atoms with Gasteiger partial charge in [0.2, 0.25) is 0 Å².